The van der Waals surface area contributed by atoms with Crippen LogP contribution >= 0.6 is 11.8 Å². The van der Waals surface area contributed by atoms with Gasteiger partial charge in [-0.1, -0.05) is 19.1 Å². The van der Waals surface area contributed by atoms with Gasteiger partial charge in [0, 0.05) is 17.5 Å². The molecule has 1 amide bonds. The summed E-state index contributed by atoms with van der Waals surface area (Å²) >= 11 is 1.69. The lowest BCUT2D eigenvalue weighted by atomic mass is 10.2. The van der Waals surface area contributed by atoms with Crippen molar-refractivity contribution in [2.75, 3.05) is 12.8 Å². The van der Waals surface area contributed by atoms with E-state index in [9.17, 15) is 9.90 Å². The number of aliphatic hydroxyl groups is 1. The summed E-state index contributed by atoms with van der Waals surface area (Å²) in [4.78, 5) is 12.7. The van der Waals surface area contributed by atoms with E-state index in [0.29, 0.717) is 19.4 Å². The van der Waals surface area contributed by atoms with E-state index in [1.807, 2.05) is 37.4 Å². The van der Waals surface area contributed by atoms with Crippen LogP contribution in [0.4, 0.5) is 0 Å². The summed E-state index contributed by atoms with van der Waals surface area (Å²) in [7, 11) is 0. The average molecular weight is 279 g/mol. The second-order valence-corrected chi connectivity index (χ2v) is 5.13. The normalized spacial score (nSPS) is 12.6. The van der Waals surface area contributed by atoms with Gasteiger partial charge >= 0.3 is 0 Å². The highest BCUT2D eigenvalue weighted by molar-refractivity contribution is 7.98. The predicted molar refractivity (Wildman–Crippen MR) is 81.2 cm³/mol. The lowest BCUT2D eigenvalue weighted by Gasteiger charge is -2.07. The summed E-state index contributed by atoms with van der Waals surface area (Å²) in [6.45, 7) is 2.42. The van der Waals surface area contributed by atoms with Crippen LogP contribution in [0, 0.1) is 0 Å². The van der Waals surface area contributed by atoms with Crippen molar-refractivity contribution in [1.82, 2.24) is 5.32 Å². The second kappa shape index (κ2) is 8.77. The van der Waals surface area contributed by atoms with Gasteiger partial charge in [0.25, 0.3) is 0 Å². The maximum Gasteiger partial charge on any atom is 0.244 e. The Morgan fingerprint density at radius 3 is 2.68 bits per heavy atom. The van der Waals surface area contributed by atoms with E-state index < -0.39 is 0 Å². The molecular weight excluding hydrogens is 258 g/mol. The first-order valence-electron chi connectivity index (χ1n) is 6.43. The third-order valence-corrected chi connectivity index (χ3v) is 3.53. The molecule has 1 atom stereocenters. The lowest BCUT2D eigenvalue weighted by Crippen LogP contribution is -2.25. The first kappa shape index (κ1) is 15.8. The zero-order chi connectivity index (χ0) is 14.1. The van der Waals surface area contributed by atoms with Crippen LogP contribution in [0.25, 0.3) is 6.08 Å². The van der Waals surface area contributed by atoms with Crippen LogP contribution < -0.4 is 5.32 Å². The largest absolute Gasteiger partial charge is 0.393 e. The zero-order valence-electron chi connectivity index (χ0n) is 11.4. The Balaban J connectivity index is 2.36. The van der Waals surface area contributed by atoms with E-state index in [1.54, 1.807) is 17.8 Å². The van der Waals surface area contributed by atoms with Crippen LogP contribution in [0.5, 0.6) is 0 Å². The summed E-state index contributed by atoms with van der Waals surface area (Å²) in [5.74, 6) is -0.128. The van der Waals surface area contributed by atoms with Gasteiger partial charge in [-0.05, 0) is 42.9 Å². The highest BCUT2D eigenvalue weighted by Crippen LogP contribution is 2.15. The molecule has 0 bridgehead atoms. The van der Waals surface area contributed by atoms with Crippen LogP contribution in [0.15, 0.2) is 35.2 Å². The minimum Gasteiger partial charge on any atom is -0.393 e. The minimum atomic E-state index is -0.330. The van der Waals surface area contributed by atoms with Gasteiger partial charge in [-0.3, -0.25) is 4.79 Å². The number of nitrogens with one attached hydrogen (secondary N) is 1. The third kappa shape index (κ3) is 6.45. The molecule has 1 unspecified atom stereocenters. The molecule has 3 nitrogen and oxygen atoms in total. The van der Waals surface area contributed by atoms with Gasteiger partial charge in [-0.15, -0.1) is 11.8 Å². The van der Waals surface area contributed by atoms with Crippen LogP contribution in [-0.2, 0) is 4.79 Å². The maximum absolute atomic E-state index is 11.5. The van der Waals surface area contributed by atoms with Crippen LogP contribution in [0.3, 0.4) is 0 Å². The summed E-state index contributed by atoms with van der Waals surface area (Å²) in [6.07, 6.45) is 6.32. The van der Waals surface area contributed by atoms with Crippen molar-refractivity contribution >= 4 is 23.7 Å². The van der Waals surface area contributed by atoms with Gasteiger partial charge in [0.1, 0.15) is 0 Å². The first-order chi connectivity index (χ1) is 9.15. The fourth-order valence-electron chi connectivity index (χ4n) is 1.51. The van der Waals surface area contributed by atoms with E-state index in [0.717, 1.165) is 5.56 Å². The molecule has 0 fully saturated rings. The van der Waals surface area contributed by atoms with Crippen molar-refractivity contribution < 1.29 is 9.90 Å². The minimum absolute atomic E-state index is 0.128. The van der Waals surface area contributed by atoms with E-state index in [-0.39, 0.29) is 12.0 Å². The van der Waals surface area contributed by atoms with Gasteiger partial charge in [0.05, 0.1) is 6.10 Å². The topological polar surface area (TPSA) is 49.3 Å². The Hall–Kier alpha value is -1.26. The molecule has 104 valence electrons. The van der Waals surface area contributed by atoms with Crippen molar-refractivity contribution in [1.29, 1.82) is 0 Å². The summed E-state index contributed by atoms with van der Waals surface area (Å²) in [5, 5.41) is 12.1. The standard InChI is InChI=1S/C15H21NO2S/c1-3-13(17)10-11-16-15(18)9-6-12-4-7-14(19-2)8-5-12/h4-9,13,17H,3,10-11H2,1-2H3,(H,16,18)/b9-6+. The van der Waals surface area contributed by atoms with Crippen molar-refractivity contribution in [2.24, 2.45) is 0 Å². The summed E-state index contributed by atoms with van der Waals surface area (Å²) < 4.78 is 0. The Labute approximate surface area is 119 Å². The maximum atomic E-state index is 11.5. The number of aliphatic hydroxyl groups excluding tert-OH is 1. The van der Waals surface area contributed by atoms with Gasteiger partial charge in [-0.2, -0.15) is 0 Å². The van der Waals surface area contributed by atoms with E-state index in [1.165, 1.54) is 11.0 Å². The summed E-state index contributed by atoms with van der Waals surface area (Å²) in [5.41, 5.74) is 1.00. The average Bonchev–Trinajstić information content (AvgIpc) is 2.45. The monoisotopic (exact) mass is 279 g/mol. The molecule has 1 aromatic rings. The molecule has 0 aromatic heterocycles. The zero-order valence-corrected chi connectivity index (χ0v) is 12.2. The quantitative estimate of drug-likeness (QED) is 0.596. The number of benzene rings is 1. The highest BCUT2D eigenvalue weighted by Gasteiger charge is 2.01. The van der Waals surface area contributed by atoms with Crippen molar-refractivity contribution in [3.63, 3.8) is 0 Å². The molecule has 4 heteroatoms. The van der Waals surface area contributed by atoms with E-state index >= 15 is 0 Å². The number of hydrogen-bond acceptors (Lipinski definition) is 3. The van der Waals surface area contributed by atoms with Crippen molar-refractivity contribution in [3.05, 3.63) is 35.9 Å². The van der Waals surface area contributed by atoms with Gasteiger partial charge in [-0.25, -0.2) is 0 Å². The number of thioether (sulfide) groups is 1. The van der Waals surface area contributed by atoms with E-state index in [2.05, 4.69) is 5.32 Å². The van der Waals surface area contributed by atoms with Crippen LogP contribution in [-0.4, -0.2) is 29.9 Å². The number of carbonyl (C=O) groups is 1. The van der Waals surface area contributed by atoms with Crippen LogP contribution in [0.2, 0.25) is 0 Å². The Morgan fingerprint density at radius 1 is 1.42 bits per heavy atom. The molecule has 0 spiro atoms. The smallest absolute Gasteiger partial charge is 0.244 e. The highest BCUT2D eigenvalue weighted by atomic mass is 32.2. The van der Waals surface area contributed by atoms with Gasteiger partial charge < -0.3 is 10.4 Å². The Morgan fingerprint density at radius 2 is 2.11 bits per heavy atom. The van der Waals surface area contributed by atoms with Crippen LogP contribution in [0.1, 0.15) is 25.3 Å². The molecule has 19 heavy (non-hydrogen) atoms. The van der Waals surface area contributed by atoms with Gasteiger partial charge in [0.2, 0.25) is 5.91 Å². The molecule has 0 saturated heterocycles. The fourth-order valence-corrected chi connectivity index (χ4v) is 1.92. The number of rotatable bonds is 7. The molecule has 0 radical (unpaired) electrons. The predicted octanol–water partition coefficient (Wildman–Crippen LogP) is 2.70. The molecule has 0 saturated carbocycles. The second-order valence-electron chi connectivity index (χ2n) is 4.25. The number of amides is 1. The van der Waals surface area contributed by atoms with E-state index in [4.69, 9.17) is 0 Å². The van der Waals surface area contributed by atoms with Crippen molar-refractivity contribution in [3.8, 4) is 0 Å². The molecule has 0 aliphatic carbocycles. The first-order valence-corrected chi connectivity index (χ1v) is 7.66. The number of hydrogen-bond donors (Lipinski definition) is 2. The molecular formula is C15H21NO2S. The molecule has 1 rings (SSSR count). The molecule has 0 aliphatic heterocycles. The Kier molecular flexibility index (Phi) is 7.30. The molecule has 2 N–H and O–H groups in total. The third-order valence-electron chi connectivity index (χ3n) is 2.79. The summed E-state index contributed by atoms with van der Waals surface area (Å²) in [6, 6.07) is 8.02. The fraction of sp³-hybridized carbons (Fsp3) is 0.400. The van der Waals surface area contributed by atoms with Crippen molar-refractivity contribution in [2.45, 2.75) is 30.8 Å². The number of carbonyl (C=O) groups excluding carboxylic acids is 1. The Bertz CT molecular complexity index is 415. The molecule has 0 aliphatic rings. The van der Waals surface area contributed by atoms with Gasteiger partial charge in [0.15, 0.2) is 0 Å². The molecule has 1 aromatic carbocycles. The lowest BCUT2D eigenvalue weighted by molar-refractivity contribution is -0.116. The molecule has 0 heterocycles. The SMILES string of the molecule is CCC(O)CCNC(=O)/C=C/c1ccc(SC)cc1.